The van der Waals surface area contributed by atoms with Crippen LogP contribution in [-0.2, 0) is 16.0 Å². The predicted molar refractivity (Wildman–Crippen MR) is 146 cm³/mol. The number of nitrogens with zero attached hydrogens (tertiary/aromatic N) is 2. The van der Waals surface area contributed by atoms with Gasteiger partial charge in [0.25, 0.3) is 5.91 Å². The molecule has 0 unspecified atom stereocenters. The van der Waals surface area contributed by atoms with Crippen LogP contribution >= 0.6 is 0 Å². The van der Waals surface area contributed by atoms with E-state index >= 15 is 0 Å². The third kappa shape index (κ3) is 5.55. The van der Waals surface area contributed by atoms with Gasteiger partial charge in [-0.15, -0.1) is 0 Å². The summed E-state index contributed by atoms with van der Waals surface area (Å²) in [5, 5.41) is 5.82. The van der Waals surface area contributed by atoms with E-state index in [4.69, 9.17) is 0 Å². The SMILES string of the molecule is CC(=O)N[C@H](Cc1cc(F)c(F)c(F)c1)C(=O)N1CC[C@]2(NC(=O)c3cccnc3-c3ccccc3C)CCC[C@H]12. The maximum Gasteiger partial charge on any atom is 0.253 e. The highest BCUT2D eigenvalue weighted by molar-refractivity contribution is 6.00. The standard InChI is InChI=1S/C31H31F3N4O3/c1-18-7-3-4-8-21(18)28-22(9-6-13-35-28)29(40)37-31-11-5-10-26(31)38(14-12-31)30(41)25(36-19(2)39)17-20-15-23(32)27(34)24(33)16-20/h3-4,6-9,13,15-16,25-26H,5,10-12,14,17H2,1-2H3,(H,36,39)(H,37,40)/t25-,26+,31-/m1/s1. The van der Waals surface area contributed by atoms with Crippen LogP contribution in [0.15, 0.2) is 54.7 Å². The average Bonchev–Trinajstić information content (AvgIpc) is 3.49. The molecule has 2 N–H and O–H groups in total. The minimum Gasteiger partial charge on any atom is -0.344 e. The van der Waals surface area contributed by atoms with Crippen molar-refractivity contribution in [3.8, 4) is 11.3 Å². The third-order valence-corrected chi connectivity index (χ3v) is 8.17. The van der Waals surface area contributed by atoms with Crippen molar-refractivity contribution < 1.29 is 27.6 Å². The summed E-state index contributed by atoms with van der Waals surface area (Å²) >= 11 is 0. The molecule has 2 aliphatic rings. The lowest BCUT2D eigenvalue weighted by atomic mass is 9.91. The molecule has 2 heterocycles. The minimum atomic E-state index is -1.60. The van der Waals surface area contributed by atoms with E-state index in [-0.39, 0.29) is 23.9 Å². The van der Waals surface area contributed by atoms with Crippen LogP contribution < -0.4 is 10.6 Å². The van der Waals surface area contributed by atoms with E-state index < -0.39 is 40.8 Å². The van der Waals surface area contributed by atoms with Crippen molar-refractivity contribution in [2.45, 2.75) is 63.6 Å². The second kappa shape index (κ2) is 11.3. The molecule has 0 bridgehead atoms. The molecule has 7 nitrogen and oxygen atoms in total. The lowest BCUT2D eigenvalue weighted by molar-refractivity contribution is -0.137. The summed E-state index contributed by atoms with van der Waals surface area (Å²) in [4.78, 5) is 45.6. The quantitative estimate of drug-likeness (QED) is 0.414. The Kier molecular flexibility index (Phi) is 7.84. The average molecular weight is 565 g/mol. The van der Waals surface area contributed by atoms with Crippen molar-refractivity contribution >= 4 is 17.7 Å². The molecule has 1 aliphatic heterocycles. The number of amides is 3. The molecule has 214 valence electrons. The Bertz CT molecular complexity index is 1490. The van der Waals surface area contributed by atoms with E-state index in [1.165, 1.54) is 6.92 Å². The number of likely N-dealkylation sites (tertiary alicyclic amines) is 1. The first-order chi connectivity index (χ1) is 19.6. The Morgan fingerprint density at radius 2 is 1.80 bits per heavy atom. The topological polar surface area (TPSA) is 91.4 Å². The number of halogens is 3. The number of rotatable bonds is 7. The van der Waals surface area contributed by atoms with Crippen molar-refractivity contribution in [3.63, 3.8) is 0 Å². The van der Waals surface area contributed by atoms with Crippen LogP contribution in [0.3, 0.4) is 0 Å². The molecule has 1 aromatic heterocycles. The summed E-state index contributed by atoms with van der Waals surface area (Å²) in [6.45, 7) is 3.54. The number of fused-ring (bicyclic) bond motifs is 1. The zero-order chi connectivity index (χ0) is 29.3. The van der Waals surface area contributed by atoms with Gasteiger partial charge in [-0.25, -0.2) is 13.2 Å². The van der Waals surface area contributed by atoms with Gasteiger partial charge in [0.15, 0.2) is 17.5 Å². The molecule has 41 heavy (non-hydrogen) atoms. The monoisotopic (exact) mass is 564 g/mol. The van der Waals surface area contributed by atoms with Crippen LogP contribution in [0.4, 0.5) is 13.2 Å². The maximum absolute atomic E-state index is 13.9. The van der Waals surface area contributed by atoms with E-state index in [0.29, 0.717) is 37.1 Å². The zero-order valence-corrected chi connectivity index (χ0v) is 22.8. The second-order valence-electron chi connectivity index (χ2n) is 10.8. The van der Waals surface area contributed by atoms with E-state index in [2.05, 4.69) is 15.6 Å². The van der Waals surface area contributed by atoms with Gasteiger partial charge < -0.3 is 15.5 Å². The lowest BCUT2D eigenvalue weighted by Gasteiger charge is -2.35. The number of nitrogens with one attached hydrogen (secondary N) is 2. The van der Waals surface area contributed by atoms with Gasteiger partial charge >= 0.3 is 0 Å². The number of hydrogen-bond donors (Lipinski definition) is 2. The fourth-order valence-corrected chi connectivity index (χ4v) is 6.29. The number of carbonyl (C=O) groups excluding carboxylic acids is 3. The first-order valence-corrected chi connectivity index (χ1v) is 13.6. The molecule has 1 saturated carbocycles. The highest BCUT2D eigenvalue weighted by Crippen LogP contribution is 2.42. The Balaban J connectivity index is 1.38. The number of aryl methyl sites for hydroxylation is 1. The normalized spacial score (nSPS) is 20.4. The molecule has 3 aromatic rings. The lowest BCUT2D eigenvalue weighted by Crippen LogP contribution is -2.57. The molecule has 0 radical (unpaired) electrons. The summed E-state index contributed by atoms with van der Waals surface area (Å²) in [7, 11) is 0. The van der Waals surface area contributed by atoms with Crippen LogP contribution in [0.5, 0.6) is 0 Å². The number of carbonyl (C=O) groups is 3. The smallest absolute Gasteiger partial charge is 0.253 e. The summed E-state index contributed by atoms with van der Waals surface area (Å²) in [5.74, 6) is -5.52. The highest BCUT2D eigenvalue weighted by Gasteiger charge is 2.53. The minimum absolute atomic E-state index is 0.0407. The summed E-state index contributed by atoms with van der Waals surface area (Å²) < 4.78 is 41.2. The molecule has 0 spiro atoms. The van der Waals surface area contributed by atoms with Crippen LogP contribution in [0, 0.1) is 24.4 Å². The van der Waals surface area contributed by atoms with Crippen molar-refractivity contribution in [3.05, 3.63) is 88.9 Å². The number of hydrogen-bond acceptors (Lipinski definition) is 4. The molecule has 10 heteroatoms. The van der Waals surface area contributed by atoms with Crippen LogP contribution in [0.2, 0.25) is 0 Å². The Morgan fingerprint density at radius 3 is 2.51 bits per heavy atom. The van der Waals surface area contributed by atoms with Gasteiger partial charge in [0.1, 0.15) is 6.04 Å². The first kappa shape index (κ1) is 28.3. The molecule has 3 atom stereocenters. The van der Waals surface area contributed by atoms with Gasteiger partial charge in [0.05, 0.1) is 22.8 Å². The van der Waals surface area contributed by atoms with Crippen molar-refractivity contribution in [1.29, 1.82) is 0 Å². The highest BCUT2D eigenvalue weighted by atomic mass is 19.2. The van der Waals surface area contributed by atoms with Gasteiger partial charge in [-0.2, -0.15) is 0 Å². The van der Waals surface area contributed by atoms with Crippen LogP contribution in [-0.4, -0.2) is 51.8 Å². The van der Waals surface area contributed by atoms with Gasteiger partial charge in [0.2, 0.25) is 11.8 Å². The Hall–Kier alpha value is -4.21. The summed E-state index contributed by atoms with van der Waals surface area (Å²) in [6.07, 6.45) is 4.05. The van der Waals surface area contributed by atoms with E-state index in [1.807, 2.05) is 31.2 Å². The number of aromatic nitrogens is 1. The molecule has 3 amide bonds. The molecule has 1 aliphatic carbocycles. The summed E-state index contributed by atoms with van der Waals surface area (Å²) in [6, 6.07) is 11.3. The van der Waals surface area contributed by atoms with E-state index in [0.717, 1.165) is 29.7 Å². The molecule has 2 aromatic carbocycles. The van der Waals surface area contributed by atoms with Gasteiger partial charge in [-0.3, -0.25) is 19.4 Å². The molecule has 2 fully saturated rings. The van der Waals surface area contributed by atoms with Crippen LogP contribution in [0.1, 0.15) is 54.1 Å². The van der Waals surface area contributed by atoms with Crippen molar-refractivity contribution in [1.82, 2.24) is 20.5 Å². The van der Waals surface area contributed by atoms with Gasteiger partial charge in [-0.1, -0.05) is 24.3 Å². The van der Waals surface area contributed by atoms with Crippen molar-refractivity contribution in [2.24, 2.45) is 0 Å². The number of pyridine rings is 1. The van der Waals surface area contributed by atoms with E-state index in [1.54, 1.807) is 23.2 Å². The first-order valence-electron chi connectivity index (χ1n) is 13.6. The second-order valence-corrected chi connectivity index (χ2v) is 10.8. The van der Waals surface area contributed by atoms with Crippen LogP contribution in [0.25, 0.3) is 11.3 Å². The molecule has 5 rings (SSSR count). The largest absolute Gasteiger partial charge is 0.344 e. The predicted octanol–water partition coefficient (Wildman–Crippen LogP) is 4.48. The van der Waals surface area contributed by atoms with Crippen molar-refractivity contribution in [2.75, 3.05) is 6.54 Å². The molecular formula is C31H31F3N4O3. The van der Waals surface area contributed by atoms with Gasteiger partial charge in [0, 0.05) is 31.6 Å². The fourth-order valence-electron chi connectivity index (χ4n) is 6.29. The molecule has 1 saturated heterocycles. The zero-order valence-electron chi connectivity index (χ0n) is 22.8. The van der Waals surface area contributed by atoms with Gasteiger partial charge in [-0.05, 0) is 68.0 Å². The Labute approximate surface area is 236 Å². The number of benzene rings is 2. The third-order valence-electron chi connectivity index (χ3n) is 8.17. The Morgan fingerprint density at radius 1 is 1.07 bits per heavy atom. The molecular weight excluding hydrogens is 533 g/mol. The summed E-state index contributed by atoms with van der Waals surface area (Å²) in [5.41, 5.74) is 2.22. The maximum atomic E-state index is 13.9. The van der Waals surface area contributed by atoms with E-state index in [9.17, 15) is 27.6 Å². The fraction of sp³-hybridized carbons (Fsp3) is 0.355.